The molecule has 1 saturated heterocycles. The summed E-state index contributed by atoms with van der Waals surface area (Å²) in [5, 5.41) is 13.0. The van der Waals surface area contributed by atoms with Crippen LogP contribution in [0.4, 0.5) is 11.4 Å². The van der Waals surface area contributed by atoms with E-state index in [4.69, 9.17) is 0 Å². The molecule has 0 N–H and O–H groups in total. The number of benzene rings is 1. The number of aryl methyl sites for hydroxylation is 1. The first-order valence-corrected chi connectivity index (χ1v) is 9.58. The predicted octanol–water partition coefficient (Wildman–Crippen LogP) is 2.07. The third-order valence-corrected chi connectivity index (χ3v) is 5.22. The summed E-state index contributed by atoms with van der Waals surface area (Å²) < 4.78 is 1.83. The van der Waals surface area contributed by atoms with Gasteiger partial charge in [0.1, 0.15) is 0 Å². The van der Waals surface area contributed by atoms with Crippen molar-refractivity contribution >= 4 is 17.0 Å². The van der Waals surface area contributed by atoms with Crippen LogP contribution in [0.25, 0.3) is 5.65 Å². The lowest BCUT2D eigenvalue weighted by atomic mass is 10.1. The Morgan fingerprint density at radius 3 is 2.41 bits per heavy atom. The van der Waals surface area contributed by atoms with Gasteiger partial charge in [0, 0.05) is 65.0 Å². The average molecular weight is 365 g/mol. The Morgan fingerprint density at radius 2 is 1.74 bits per heavy atom. The number of hydrogen-bond acceptors (Lipinski definition) is 6. The normalized spacial score (nSPS) is 15.4. The lowest BCUT2D eigenvalue weighted by Crippen LogP contribution is -2.46. The molecular formula is C20H27N7. The molecule has 27 heavy (non-hydrogen) atoms. The van der Waals surface area contributed by atoms with Crippen LogP contribution >= 0.6 is 0 Å². The summed E-state index contributed by atoms with van der Waals surface area (Å²) in [7, 11) is 4.14. The molecule has 7 nitrogen and oxygen atoms in total. The minimum Gasteiger partial charge on any atom is -0.378 e. The maximum Gasteiger partial charge on any atom is 0.179 e. The van der Waals surface area contributed by atoms with Gasteiger partial charge in [-0.15, -0.1) is 10.2 Å². The second-order valence-corrected chi connectivity index (χ2v) is 7.28. The molecule has 3 aromatic rings. The number of rotatable bonds is 5. The second kappa shape index (κ2) is 7.52. The molecule has 1 aliphatic rings. The van der Waals surface area contributed by atoms with Gasteiger partial charge in [-0.3, -0.25) is 4.90 Å². The Labute approximate surface area is 160 Å². The first kappa shape index (κ1) is 17.7. The van der Waals surface area contributed by atoms with E-state index in [-0.39, 0.29) is 0 Å². The van der Waals surface area contributed by atoms with Crippen LogP contribution in [-0.2, 0) is 13.0 Å². The smallest absolute Gasteiger partial charge is 0.179 e. The third kappa shape index (κ3) is 3.73. The molecule has 0 spiro atoms. The van der Waals surface area contributed by atoms with E-state index >= 15 is 0 Å². The molecule has 1 aliphatic heterocycles. The lowest BCUT2D eigenvalue weighted by Gasteiger charge is -2.36. The molecular weight excluding hydrogens is 338 g/mol. The van der Waals surface area contributed by atoms with E-state index in [1.165, 1.54) is 11.3 Å². The topological polar surface area (TPSA) is 52.8 Å². The molecule has 0 saturated carbocycles. The van der Waals surface area contributed by atoms with Crippen molar-refractivity contribution in [3.05, 3.63) is 47.9 Å². The largest absolute Gasteiger partial charge is 0.378 e. The van der Waals surface area contributed by atoms with Gasteiger partial charge in [-0.2, -0.15) is 9.61 Å². The maximum absolute atomic E-state index is 4.53. The molecule has 0 atom stereocenters. The van der Waals surface area contributed by atoms with Gasteiger partial charge in [-0.1, -0.05) is 19.1 Å². The molecule has 4 rings (SSSR count). The number of anilines is 2. The highest BCUT2D eigenvalue weighted by Gasteiger charge is 2.18. The van der Waals surface area contributed by atoms with Crippen LogP contribution in [0, 0.1) is 0 Å². The minimum atomic E-state index is 0.827. The van der Waals surface area contributed by atoms with Crippen molar-refractivity contribution in [3.63, 3.8) is 0 Å². The third-order valence-electron chi connectivity index (χ3n) is 5.22. The molecule has 1 aromatic carbocycles. The van der Waals surface area contributed by atoms with Crippen molar-refractivity contribution < 1.29 is 0 Å². The molecule has 0 radical (unpaired) electrons. The highest BCUT2D eigenvalue weighted by atomic mass is 15.4. The maximum atomic E-state index is 4.53. The summed E-state index contributed by atoms with van der Waals surface area (Å²) in [6.45, 7) is 7.17. The van der Waals surface area contributed by atoms with Crippen LogP contribution in [-0.4, -0.2) is 65.0 Å². The summed E-state index contributed by atoms with van der Waals surface area (Å²) in [4.78, 5) is 7.03. The second-order valence-electron chi connectivity index (χ2n) is 7.28. The van der Waals surface area contributed by atoms with Gasteiger partial charge in [-0.25, -0.2) is 0 Å². The molecule has 0 aliphatic carbocycles. The summed E-state index contributed by atoms with van der Waals surface area (Å²) in [5.41, 5.74) is 4.57. The molecule has 142 valence electrons. The number of piperazine rings is 1. The van der Waals surface area contributed by atoms with E-state index in [2.05, 4.69) is 81.3 Å². The van der Waals surface area contributed by atoms with E-state index in [0.717, 1.165) is 56.3 Å². The van der Waals surface area contributed by atoms with Crippen molar-refractivity contribution in [2.24, 2.45) is 0 Å². The summed E-state index contributed by atoms with van der Waals surface area (Å²) in [6.07, 6.45) is 2.77. The van der Waals surface area contributed by atoms with Gasteiger partial charge in [0.2, 0.25) is 0 Å². The van der Waals surface area contributed by atoms with E-state index in [1.54, 1.807) is 0 Å². The molecule has 0 amide bonds. The summed E-state index contributed by atoms with van der Waals surface area (Å²) in [6, 6.07) is 10.9. The van der Waals surface area contributed by atoms with Gasteiger partial charge in [0.25, 0.3) is 0 Å². The van der Waals surface area contributed by atoms with Crippen molar-refractivity contribution in [1.29, 1.82) is 0 Å². The van der Waals surface area contributed by atoms with Crippen molar-refractivity contribution in [2.75, 3.05) is 50.1 Å². The Balaban J connectivity index is 1.37. The number of fused-ring (bicyclic) bond motifs is 1. The van der Waals surface area contributed by atoms with Crippen LogP contribution in [0.1, 0.15) is 18.3 Å². The fourth-order valence-electron chi connectivity index (χ4n) is 3.54. The van der Waals surface area contributed by atoms with E-state index < -0.39 is 0 Å². The van der Waals surface area contributed by atoms with Gasteiger partial charge >= 0.3 is 0 Å². The fourth-order valence-corrected chi connectivity index (χ4v) is 3.54. The Morgan fingerprint density at radius 1 is 1.00 bits per heavy atom. The zero-order chi connectivity index (χ0) is 18.8. The molecule has 3 heterocycles. The van der Waals surface area contributed by atoms with Crippen molar-refractivity contribution in [2.45, 2.75) is 19.9 Å². The van der Waals surface area contributed by atoms with Crippen molar-refractivity contribution in [1.82, 2.24) is 24.7 Å². The van der Waals surface area contributed by atoms with Crippen LogP contribution in [0.5, 0.6) is 0 Å². The van der Waals surface area contributed by atoms with Gasteiger partial charge < -0.3 is 9.80 Å². The number of hydrogen-bond donors (Lipinski definition) is 0. The van der Waals surface area contributed by atoms with Gasteiger partial charge in [0.15, 0.2) is 11.5 Å². The quantitative estimate of drug-likeness (QED) is 0.690. The van der Waals surface area contributed by atoms with Crippen LogP contribution in [0.2, 0.25) is 0 Å². The zero-order valence-electron chi connectivity index (χ0n) is 16.3. The average Bonchev–Trinajstić information content (AvgIpc) is 3.11. The lowest BCUT2D eigenvalue weighted by molar-refractivity contribution is 0.250. The van der Waals surface area contributed by atoms with Crippen molar-refractivity contribution in [3.8, 4) is 0 Å². The summed E-state index contributed by atoms with van der Waals surface area (Å²) in [5.74, 6) is 0.904. The van der Waals surface area contributed by atoms with E-state index in [9.17, 15) is 0 Å². The van der Waals surface area contributed by atoms with E-state index in [1.807, 2.05) is 10.7 Å². The first-order chi connectivity index (χ1) is 13.1. The highest BCUT2D eigenvalue weighted by Crippen LogP contribution is 2.19. The molecule has 0 unspecified atom stereocenters. The molecule has 2 aromatic heterocycles. The van der Waals surface area contributed by atoms with Crippen LogP contribution < -0.4 is 9.80 Å². The number of aromatic nitrogens is 4. The zero-order valence-corrected chi connectivity index (χ0v) is 16.3. The van der Waals surface area contributed by atoms with Crippen LogP contribution in [0.3, 0.4) is 0 Å². The number of nitrogens with zero attached hydrogens (tertiary/aromatic N) is 7. The summed E-state index contributed by atoms with van der Waals surface area (Å²) >= 11 is 0. The molecule has 0 bridgehead atoms. The Kier molecular flexibility index (Phi) is 4.94. The van der Waals surface area contributed by atoms with E-state index in [0.29, 0.717) is 0 Å². The highest BCUT2D eigenvalue weighted by molar-refractivity contribution is 5.54. The predicted molar refractivity (Wildman–Crippen MR) is 108 cm³/mol. The Bertz CT molecular complexity index is 892. The molecule has 1 fully saturated rings. The van der Waals surface area contributed by atoms with Crippen LogP contribution in [0.15, 0.2) is 36.5 Å². The van der Waals surface area contributed by atoms with Gasteiger partial charge in [0.05, 0.1) is 11.9 Å². The monoisotopic (exact) mass is 365 g/mol. The first-order valence-electron chi connectivity index (χ1n) is 9.58. The fraction of sp³-hybridized carbons (Fsp3) is 0.450. The molecule has 7 heteroatoms. The Hall–Kier alpha value is -2.67. The SMILES string of the molecule is CCc1nnc2cc(N3CCN(Cc4ccc(N(C)C)cc4)CC3)cnn12. The standard InChI is InChI=1S/C20H27N7/c1-4-19-22-23-20-13-18(14-21-27(19)20)26-11-9-25(10-12-26)15-16-5-7-17(8-6-16)24(2)3/h5-8,13-14H,4,9-12,15H2,1-3H3. The van der Waals surface area contributed by atoms with Gasteiger partial charge in [-0.05, 0) is 17.7 Å². The minimum absolute atomic E-state index is 0.827.